The van der Waals surface area contributed by atoms with Gasteiger partial charge in [-0.15, -0.1) is 0 Å². The summed E-state index contributed by atoms with van der Waals surface area (Å²) in [4.78, 5) is 21.4. The SMILES string of the molecule is O=C(O)C=Cc1cnc(N[C@@H]2CCCN(CCc3cccc(F)c3)C2)cn1. The van der Waals surface area contributed by atoms with E-state index >= 15 is 0 Å². The second-order valence-corrected chi connectivity index (χ2v) is 6.66. The van der Waals surface area contributed by atoms with Gasteiger partial charge in [-0.25, -0.2) is 14.2 Å². The first-order valence-corrected chi connectivity index (χ1v) is 9.05. The van der Waals surface area contributed by atoms with Gasteiger partial charge in [0, 0.05) is 25.2 Å². The van der Waals surface area contributed by atoms with Crippen molar-refractivity contribution in [3.05, 3.63) is 59.8 Å². The molecule has 2 aromatic rings. The number of nitrogens with one attached hydrogen (secondary N) is 1. The highest BCUT2D eigenvalue weighted by Gasteiger charge is 2.20. The van der Waals surface area contributed by atoms with Crippen molar-refractivity contribution in [1.29, 1.82) is 0 Å². The molecule has 1 aromatic heterocycles. The van der Waals surface area contributed by atoms with Crippen LogP contribution in [0.15, 0.2) is 42.7 Å². The highest BCUT2D eigenvalue weighted by atomic mass is 19.1. The van der Waals surface area contributed by atoms with Crippen molar-refractivity contribution in [3.8, 4) is 0 Å². The van der Waals surface area contributed by atoms with Crippen LogP contribution in [0.25, 0.3) is 6.08 Å². The maximum atomic E-state index is 13.3. The van der Waals surface area contributed by atoms with Gasteiger partial charge >= 0.3 is 5.97 Å². The third-order valence-corrected chi connectivity index (χ3v) is 4.53. The minimum Gasteiger partial charge on any atom is -0.478 e. The molecule has 2 heterocycles. The number of halogens is 1. The van der Waals surface area contributed by atoms with Crippen LogP contribution in [-0.2, 0) is 11.2 Å². The minimum atomic E-state index is -1.01. The van der Waals surface area contributed by atoms with E-state index in [1.54, 1.807) is 24.5 Å². The van der Waals surface area contributed by atoms with Gasteiger partial charge in [0.2, 0.25) is 0 Å². The van der Waals surface area contributed by atoms with Gasteiger partial charge in [0.05, 0.1) is 18.1 Å². The van der Waals surface area contributed by atoms with Crippen LogP contribution in [0.2, 0.25) is 0 Å². The van der Waals surface area contributed by atoms with Gasteiger partial charge in [0.15, 0.2) is 0 Å². The molecule has 7 heteroatoms. The van der Waals surface area contributed by atoms with E-state index < -0.39 is 5.97 Å². The van der Waals surface area contributed by atoms with Gasteiger partial charge < -0.3 is 15.3 Å². The van der Waals surface area contributed by atoms with E-state index in [2.05, 4.69) is 20.2 Å². The summed E-state index contributed by atoms with van der Waals surface area (Å²) in [6, 6.07) is 7.04. The smallest absolute Gasteiger partial charge is 0.328 e. The Balaban J connectivity index is 1.50. The number of carboxylic acids is 1. The molecule has 1 aromatic carbocycles. The molecule has 6 nitrogen and oxygen atoms in total. The van der Waals surface area contributed by atoms with Crippen LogP contribution < -0.4 is 5.32 Å². The predicted molar refractivity (Wildman–Crippen MR) is 102 cm³/mol. The lowest BCUT2D eigenvalue weighted by atomic mass is 10.0. The van der Waals surface area contributed by atoms with Crippen LogP contribution in [0.4, 0.5) is 10.2 Å². The topological polar surface area (TPSA) is 78.3 Å². The van der Waals surface area contributed by atoms with Crippen molar-refractivity contribution in [2.75, 3.05) is 25.0 Å². The third-order valence-electron chi connectivity index (χ3n) is 4.53. The zero-order valence-electron chi connectivity index (χ0n) is 15.0. The van der Waals surface area contributed by atoms with Crippen molar-refractivity contribution in [1.82, 2.24) is 14.9 Å². The van der Waals surface area contributed by atoms with Gasteiger partial charge in [-0.3, -0.25) is 4.98 Å². The predicted octanol–water partition coefficient (Wildman–Crippen LogP) is 2.83. The molecular formula is C20H23FN4O2. The maximum absolute atomic E-state index is 13.3. The molecule has 142 valence electrons. The molecule has 0 unspecified atom stereocenters. The summed E-state index contributed by atoms with van der Waals surface area (Å²) in [5.74, 6) is -0.523. The quantitative estimate of drug-likeness (QED) is 0.730. The molecule has 1 saturated heterocycles. The first-order chi connectivity index (χ1) is 13.1. The molecule has 0 saturated carbocycles. The van der Waals surface area contributed by atoms with Crippen molar-refractivity contribution in [3.63, 3.8) is 0 Å². The summed E-state index contributed by atoms with van der Waals surface area (Å²) in [6.07, 6.45) is 8.59. The molecule has 0 aliphatic carbocycles. The van der Waals surface area contributed by atoms with E-state index in [0.717, 1.165) is 50.5 Å². The lowest BCUT2D eigenvalue weighted by Crippen LogP contribution is -2.43. The highest BCUT2D eigenvalue weighted by Crippen LogP contribution is 2.15. The van der Waals surface area contributed by atoms with Crippen molar-refractivity contribution in [2.24, 2.45) is 0 Å². The van der Waals surface area contributed by atoms with Gasteiger partial charge in [0.1, 0.15) is 11.6 Å². The number of anilines is 1. The Morgan fingerprint density at radius 3 is 3.00 bits per heavy atom. The second-order valence-electron chi connectivity index (χ2n) is 6.66. The number of carboxylic acid groups (broad SMARTS) is 1. The van der Waals surface area contributed by atoms with E-state index in [9.17, 15) is 9.18 Å². The van der Waals surface area contributed by atoms with Gasteiger partial charge in [0.25, 0.3) is 0 Å². The number of hydrogen-bond donors (Lipinski definition) is 2. The average Bonchev–Trinajstić information content (AvgIpc) is 2.66. The van der Waals surface area contributed by atoms with Crippen LogP contribution in [0.3, 0.4) is 0 Å². The molecule has 0 radical (unpaired) electrons. The minimum absolute atomic E-state index is 0.189. The summed E-state index contributed by atoms with van der Waals surface area (Å²) < 4.78 is 13.3. The first-order valence-electron chi connectivity index (χ1n) is 9.05. The number of carbonyl (C=O) groups is 1. The Bertz CT molecular complexity index is 795. The number of rotatable bonds is 7. The van der Waals surface area contributed by atoms with Gasteiger partial charge in [-0.05, 0) is 49.6 Å². The van der Waals surface area contributed by atoms with Crippen molar-refractivity contribution < 1.29 is 14.3 Å². The standard InChI is InChI=1S/C20H23FN4O2/c21-16-4-1-3-15(11-16)8-10-25-9-2-5-18(14-25)24-19-13-22-17(12-23-19)6-7-20(26)27/h1,3-4,6-7,11-13,18H,2,5,8-10,14H2,(H,23,24)(H,26,27)/t18-/m1/s1. The molecule has 0 amide bonds. The summed E-state index contributed by atoms with van der Waals surface area (Å²) >= 11 is 0. The lowest BCUT2D eigenvalue weighted by Gasteiger charge is -2.33. The maximum Gasteiger partial charge on any atom is 0.328 e. The normalized spacial score (nSPS) is 17.9. The Morgan fingerprint density at radius 2 is 2.26 bits per heavy atom. The number of nitrogens with zero attached hydrogens (tertiary/aromatic N) is 3. The van der Waals surface area contributed by atoms with Crippen molar-refractivity contribution >= 4 is 17.9 Å². The number of aliphatic carboxylic acids is 1. The van der Waals surface area contributed by atoms with E-state index in [4.69, 9.17) is 5.11 Å². The van der Waals surface area contributed by atoms with E-state index in [1.165, 1.54) is 12.1 Å². The number of likely N-dealkylation sites (tertiary alicyclic amines) is 1. The van der Waals surface area contributed by atoms with Crippen LogP contribution >= 0.6 is 0 Å². The fraction of sp³-hybridized carbons (Fsp3) is 0.350. The van der Waals surface area contributed by atoms with E-state index in [1.807, 2.05) is 6.07 Å². The molecule has 0 bridgehead atoms. The molecule has 2 N–H and O–H groups in total. The number of hydrogen-bond acceptors (Lipinski definition) is 5. The largest absolute Gasteiger partial charge is 0.478 e. The Hall–Kier alpha value is -2.80. The molecule has 1 atom stereocenters. The summed E-state index contributed by atoms with van der Waals surface area (Å²) in [5.41, 5.74) is 1.52. The fourth-order valence-corrected chi connectivity index (χ4v) is 3.22. The molecule has 27 heavy (non-hydrogen) atoms. The van der Waals surface area contributed by atoms with E-state index in [-0.39, 0.29) is 11.9 Å². The van der Waals surface area contributed by atoms with Crippen LogP contribution in [0.1, 0.15) is 24.1 Å². The van der Waals surface area contributed by atoms with Gasteiger partial charge in [-0.2, -0.15) is 0 Å². The number of benzene rings is 1. The lowest BCUT2D eigenvalue weighted by molar-refractivity contribution is -0.131. The fourth-order valence-electron chi connectivity index (χ4n) is 3.22. The second kappa shape index (κ2) is 9.23. The zero-order chi connectivity index (χ0) is 19.1. The monoisotopic (exact) mass is 370 g/mol. The van der Waals surface area contributed by atoms with Gasteiger partial charge in [-0.1, -0.05) is 12.1 Å². The molecule has 1 aliphatic rings. The van der Waals surface area contributed by atoms with Crippen LogP contribution in [-0.4, -0.2) is 51.6 Å². The number of aromatic nitrogens is 2. The average molecular weight is 370 g/mol. The number of piperidine rings is 1. The van der Waals surface area contributed by atoms with Crippen LogP contribution in [0, 0.1) is 5.82 Å². The van der Waals surface area contributed by atoms with Crippen molar-refractivity contribution in [2.45, 2.75) is 25.3 Å². The molecule has 1 aliphatic heterocycles. The summed E-state index contributed by atoms with van der Waals surface area (Å²) in [6.45, 7) is 2.84. The molecule has 0 spiro atoms. The zero-order valence-corrected chi connectivity index (χ0v) is 15.0. The first kappa shape index (κ1) is 19.0. The third kappa shape index (κ3) is 6.14. The Labute approximate surface area is 157 Å². The Kier molecular flexibility index (Phi) is 6.49. The molecular weight excluding hydrogens is 347 g/mol. The molecule has 1 fully saturated rings. The van der Waals surface area contributed by atoms with E-state index in [0.29, 0.717) is 11.5 Å². The summed E-state index contributed by atoms with van der Waals surface area (Å²) in [7, 11) is 0. The summed E-state index contributed by atoms with van der Waals surface area (Å²) in [5, 5.41) is 12.0. The Morgan fingerprint density at radius 1 is 1.37 bits per heavy atom. The molecule has 3 rings (SSSR count). The highest BCUT2D eigenvalue weighted by molar-refractivity contribution is 5.84. The van der Waals surface area contributed by atoms with Crippen LogP contribution in [0.5, 0.6) is 0 Å².